The van der Waals surface area contributed by atoms with Gasteiger partial charge in [0.25, 0.3) is 8.53 Å². The standard InChI is InChI=1S/C64H80ClF6N5O15P2/c1-40(2)76(41(3)4)92(85-35-31-72-11)84-32-19-13-12-16-29-74-51(77)27-24-42-36-48-55(53(65)54(42)90-59(81)61(8,9)10)88-50-38-49(89-58(80)60(5,6)7)44-22-14-15-23-45(44)52(50)62(48)47-37-43(25-26-46(47)56(78)91-62)93(82,86-33-20-17-28-73-39-83-64(69,70)71)87-34-21-18-30-75-57(79)63(66,67)68/h14-15,22-23,25-26,36-41H,12-13,16-21,24,27-35H2,1-10H3,(H,74,77)(H,75,79). The summed E-state index contributed by atoms with van der Waals surface area (Å²) in [5.41, 5.74) is -3.93. The lowest BCUT2D eigenvalue weighted by Gasteiger charge is -2.39. The van der Waals surface area contributed by atoms with Gasteiger partial charge in [-0.2, -0.15) is 13.2 Å². The first-order chi connectivity index (χ1) is 43.6. The van der Waals surface area contributed by atoms with Gasteiger partial charge in [-0.15, -0.1) is 13.2 Å². The molecular weight excluding hydrogens is 1290 g/mol. The van der Waals surface area contributed by atoms with E-state index in [0.29, 0.717) is 30.3 Å². The number of ether oxygens (including phenoxy) is 5. The number of benzene rings is 4. The number of carbonyl (C=O) groups is 5. The second-order valence-electron chi connectivity index (χ2n) is 24.6. The number of rotatable bonds is 33. The third kappa shape index (κ3) is 20.1. The summed E-state index contributed by atoms with van der Waals surface area (Å²) < 4.78 is 148. The number of halogens is 7. The highest BCUT2D eigenvalue weighted by molar-refractivity contribution is 7.62. The summed E-state index contributed by atoms with van der Waals surface area (Å²) in [7, 11) is -6.00. The summed E-state index contributed by atoms with van der Waals surface area (Å²) in [6.45, 7) is 25.2. The van der Waals surface area contributed by atoms with Gasteiger partial charge in [0.05, 0.1) is 47.1 Å². The van der Waals surface area contributed by atoms with Gasteiger partial charge in [-0.05, 0) is 149 Å². The van der Waals surface area contributed by atoms with Crippen LogP contribution in [0.2, 0.25) is 5.02 Å². The minimum Gasteiger partial charge on any atom is -0.455 e. The lowest BCUT2D eigenvalue weighted by atomic mass is 9.75. The molecule has 0 saturated heterocycles. The Morgan fingerprint density at radius 3 is 2.01 bits per heavy atom. The van der Waals surface area contributed by atoms with E-state index in [1.54, 1.807) is 71.1 Å². The van der Waals surface area contributed by atoms with Crippen molar-refractivity contribution in [3.8, 4) is 23.0 Å². The van der Waals surface area contributed by atoms with E-state index in [4.69, 9.17) is 55.2 Å². The molecule has 4 aromatic rings. The van der Waals surface area contributed by atoms with Gasteiger partial charge in [-0.3, -0.25) is 28.7 Å². The molecule has 93 heavy (non-hydrogen) atoms. The van der Waals surface area contributed by atoms with E-state index in [1.807, 2.05) is 0 Å². The van der Waals surface area contributed by atoms with Crippen molar-refractivity contribution in [3.05, 3.63) is 98.9 Å². The van der Waals surface area contributed by atoms with E-state index in [2.05, 4.69) is 52.3 Å². The first kappa shape index (κ1) is 75.6. The maximum absolute atomic E-state index is 15.4. The Hall–Kier alpha value is -6.42. The molecule has 0 fully saturated rings. The third-order valence-electron chi connectivity index (χ3n) is 14.4. The predicted molar refractivity (Wildman–Crippen MR) is 337 cm³/mol. The average molecular weight is 1370 g/mol. The molecule has 3 unspecified atom stereocenters. The molecule has 2 aliphatic heterocycles. The van der Waals surface area contributed by atoms with Crippen molar-refractivity contribution in [3.63, 3.8) is 0 Å². The van der Waals surface area contributed by atoms with E-state index in [9.17, 15) is 50.3 Å². The molecule has 0 aliphatic carbocycles. The van der Waals surface area contributed by atoms with Gasteiger partial charge >= 0.3 is 43.9 Å². The first-order valence-corrected chi connectivity index (χ1v) is 33.5. The summed E-state index contributed by atoms with van der Waals surface area (Å²) in [4.78, 5) is 74.6. The molecule has 2 amide bonds. The molecule has 0 radical (unpaired) electrons. The van der Waals surface area contributed by atoms with Crippen LogP contribution in [-0.2, 0) is 63.3 Å². The van der Waals surface area contributed by atoms with Crippen molar-refractivity contribution >= 4 is 79.9 Å². The number of amides is 2. The average Bonchev–Trinajstić information content (AvgIpc) is 1.64. The number of carbonyl (C=O) groups excluding carboxylic acids is 5. The van der Waals surface area contributed by atoms with Crippen LogP contribution in [0.4, 0.5) is 26.3 Å². The van der Waals surface area contributed by atoms with Gasteiger partial charge in [0.2, 0.25) is 12.5 Å². The highest BCUT2D eigenvalue weighted by Gasteiger charge is 2.57. The molecule has 29 heteroatoms. The van der Waals surface area contributed by atoms with Crippen molar-refractivity contribution in [2.24, 2.45) is 15.8 Å². The fraction of sp³-hybridized carbons (Fsp3) is 0.547. The lowest BCUT2D eigenvalue weighted by molar-refractivity contribution is -0.280. The van der Waals surface area contributed by atoms with Crippen LogP contribution in [0.5, 0.6) is 23.0 Å². The predicted octanol–water partition coefficient (Wildman–Crippen LogP) is 14.5. The number of alkyl halides is 6. The Bertz CT molecular complexity index is 3430. The second-order valence-corrected chi connectivity index (χ2v) is 28.4. The van der Waals surface area contributed by atoms with E-state index in [-0.39, 0.29) is 150 Å². The highest BCUT2D eigenvalue weighted by atomic mass is 35.5. The summed E-state index contributed by atoms with van der Waals surface area (Å²) in [5.74, 6) is -5.19. The summed E-state index contributed by atoms with van der Waals surface area (Å²) in [6, 6.07) is 13.9. The van der Waals surface area contributed by atoms with Crippen LogP contribution in [0, 0.1) is 17.4 Å². The molecule has 2 aliphatic rings. The molecule has 20 nitrogen and oxygen atoms in total. The number of nitrogens with one attached hydrogen (secondary N) is 2. The normalized spacial score (nSPS) is 15.8. The molecule has 3 atom stereocenters. The fourth-order valence-corrected chi connectivity index (χ4v) is 13.4. The van der Waals surface area contributed by atoms with E-state index in [1.165, 1.54) is 30.3 Å². The molecule has 0 bridgehead atoms. The van der Waals surface area contributed by atoms with Gasteiger partial charge in [0, 0.05) is 60.7 Å². The van der Waals surface area contributed by atoms with Crippen molar-refractivity contribution in [2.75, 3.05) is 52.6 Å². The van der Waals surface area contributed by atoms with Gasteiger partial charge in [-0.25, -0.2) is 16.0 Å². The second kappa shape index (κ2) is 32.8. The summed E-state index contributed by atoms with van der Waals surface area (Å²) in [6.07, 6.45) is -7.17. The van der Waals surface area contributed by atoms with Crippen LogP contribution in [0.3, 0.4) is 0 Å². The molecule has 2 heterocycles. The molecule has 4 aromatic carbocycles. The fourth-order valence-electron chi connectivity index (χ4n) is 9.86. The molecule has 1 spiro atoms. The van der Waals surface area contributed by atoms with Gasteiger partial charge < -0.3 is 57.3 Å². The minimum absolute atomic E-state index is 0.0197. The number of nitrogens with zero attached hydrogens (tertiary/aromatic N) is 3. The number of hydrogen-bond donors (Lipinski definition) is 2. The zero-order chi connectivity index (χ0) is 68.7. The topological polar surface area (TPSA) is 230 Å². The summed E-state index contributed by atoms with van der Waals surface area (Å²) >= 11 is 7.46. The van der Waals surface area contributed by atoms with Gasteiger partial charge in [0.15, 0.2) is 23.5 Å². The molecule has 510 valence electrons. The Morgan fingerprint density at radius 1 is 0.774 bits per heavy atom. The number of unbranched alkanes of at least 4 members (excludes halogenated alkanes) is 5. The van der Waals surface area contributed by atoms with Crippen molar-refractivity contribution in [1.29, 1.82) is 0 Å². The number of hydrogen-bond acceptors (Lipinski definition) is 17. The van der Waals surface area contributed by atoms with Crippen molar-refractivity contribution in [1.82, 2.24) is 15.3 Å². The van der Waals surface area contributed by atoms with Gasteiger partial charge in [0.1, 0.15) is 23.1 Å². The molecule has 2 N–H and O–H groups in total. The monoisotopic (exact) mass is 1370 g/mol. The van der Waals surface area contributed by atoms with Crippen molar-refractivity contribution in [2.45, 2.75) is 164 Å². The highest BCUT2D eigenvalue weighted by Crippen LogP contribution is 2.63. The molecule has 6 rings (SSSR count). The molecule has 0 aromatic heterocycles. The minimum atomic E-state index is -5.14. The zero-order valence-electron chi connectivity index (χ0n) is 53.7. The van der Waals surface area contributed by atoms with Crippen LogP contribution >= 0.6 is 27.7 Å². The quantitative estimate of drug-likeness (QED) is 0.00660. The van der Waals surface area contributed by atoms with E-state index >= 15 is 4.57 Å². The van der Waals surface area contributed by atoms with Crippen LogP contribution in [-0.4, -0.2) is 118 Å². The zero-order valence-corrected chi connectivity index (χ0v) is 56.2. The van der Waals surface area contributed by atoms with Gasteiger partial charge in [-0.1, -0.05) is 48.7 Å². The largest absolute Gasteiger partial charge is 0.573 e. The smallest absolute Gasteiger partial charge is 0.455 e. The van der Waals surface area contributed by atoms with Crippen LogP contribution in [0.25, 0.3) is 15.6 Å². The molecule has 0 saturated carbocycles. The van der Waals surface area contributed by atoms with Crippen molar-refractivity contribution < 1.29 is 96.7 Å². The number of aliphatic imine (C=N–C) groups is 1. The number of aryl methyl sites for hydroxylation is 1. The Labute approximate surface area is 543 Å². The Balaban J connectivity index is 1.40. The Kier molecular flexibility index (Phi) is 26.7. The Morgan fingerprint density at radius 2 is 1.38 bits per heavy atom. The molecular formula is C64H80ClF6N5O15P2. The van der Waals surface area contributed by atoms with E-state index in [0.717, 1.165) is 19.3 Å². The first-order valence-electron chi connectivity index (χ1n) is 30.5. The third-order valence-corrected chi connectivity index (χ3v) is 18.8. The van der Waals surface area contributed by atoms with Crippen LogP contribution < -0.4 is 30.1 Å². The summed E-state index contributed by atoms with van der Waals surface area (Å²) in [5, 5.41) is 4.93. The maximum Gasteiger partial charge on any atom is 0.573 e. The van der Waals surface area contributed by atoms with E-state index < -0.39 is 82.1 Å². The van der Waals surface area contributed by atoms with Crippen LogP contribution in [0.1, 0.15) is 160 Å². The lowest BCUT2D eigenvalue weighted by Crippen LogP contribution is -2.37. The van der Waals surface area contributed by atoms with Crippen LogP contribution in [0.15, 0.2) is 59.6 Å². The SMILES string of the molecule is [C-]#[N+]CCOP(OCCCCCCNC(=O)CCc1cc2c(c(Cl)c1OC(=O)C(C)(C)C)Oc1cc(OC(=O)C(C)(C)C)c3ccccc3c1C21OC(=O)c2ccc(P(=O)(OCCCCN=COC(F)(F)F)OCCCCNC(=O)C(F)(F)F)cc21)N(C(C)C)C(C)C. The number of fused-ring (bicyclic) bond motifs is 8. The maximum atomic E-state index is 15.4. The number of esters is 3.